The Balaban J connectivity index is 2.05. The van der Waals surface area contributed by atoms with E-state index in [-0.39, 0.29) is 10.5 Å². The summed E-state index contributed by atoms with van der Waals surface area (Å²) < 4.78 is 46.5. The smallest absolute Gasteiger partial charge is 0.0494 e. The van der Waals surface area contributed by atoms with Crippen LogP contribution in [0.25, 0.3) is 0 Å². The number of nitrogens with one attached hydrogen (secondary N) is 1. The van der Waals surface area contributed by atoms with Crippen molar-refractivity contribution in [2.75, 3.05) is 31.1 Å². The highest BCUT2D eigenvalue weighted by molar-refractivity contribution is 8.23. The largest absolute Gasteiger partial charge is 0.368 e. The molecule has 2 heterocycles. The normalized spacial score (nSPS) is 31.2. The molecule has 0 bridgehead atoms. The molecule has 0 spiro atoms. The molecule has 1 fully saturated rings. The minimum absolute atomic E-state index is 0.139. The summed E-state index contributed by atoms with van der Waals surface area (Å²) in [6, 6.07) is 7.77. The standard InChI is InChI=1S/C16H22N2S/c1-13-11-14(2)19(12-13)16-6-4-3-5-15(16)18-9-7-17-8-10-18/h3-6,11-12,17,19H,7-10H2,1-2H3/i1D3,2D3. The van der Waals surface area contributed by atoms with Crippen molar-refractivity contribution in [3.05, 3.63) is 46.2 Å². The predicted octanol–water partition coefficient (Wildman–Crippen LogP) is 3.28. The van der Waals surface area contributed by atoms with Crippen molar-refractivity contribution in [3.63, 3.8) is 0 Å². The van der Waals surface area contributed by atoms with Gasteiger partial charge in [-0.15, -0.1) is 0 Å². The average Bonchev–Trinajstić information content (AvgIpc) is 3.01. The lowest BCUT2D eigenvalue weighted by Crippen LogP contribution is -2.43. The molecule has 0 aliphatic carbocycles. The minimum Gasteiger partial charge on any atom is -0.368 e. The van der Waals surface area contributed by atoms with Crippen LogP contribution in [-0.4, -0.2) is 26.2 Å². The van der Waals surface area contributed by atoms with Crippen LogP contribution in [0.5, 0.6) is 0 Å². The van der Waals surface area contributed by atoms with Gasteiger partial charge in [-0.1, -0.05) is 18.2 Å². The highest BCUT2D eigenvalue weighted by Crippen LogP contribution is 2.53. The van der Waals surface area contributed by atoms with E-state index in [9.17, 15) is 0 Å². The summed E-state index contributed by atoms with van der Waals surface area (Å²) in [5.41, 5.74) is 1.15. The molecule has 1 N–H and O–H groups in total. The van der Waals surface area contributed by atoms with Crippen LogP contribution >= 0.6 is 10.9 Å². The van der Waals surface area contributed by atoms with Crippen LogP contribution in [0, 0.1) is 0 Å². The monoisotopic (exact) mass is 280 g/mol. The number of allylic oxidation sites excluding steroid dienone is 3. The van der Waals surface area contributed by atoms with E-state index in [1.54, 1.807) is 5.41 Å². The predicted molar refractivity (Wildman–Crippen MR) is 86.3 cm³/mol. The number of hydrogen-bond donors (Lipinski definition) is 2. The molecule has 0 amide bonds. The second-order valence-electron chi connectivity index (χ2n) is 4.71. The Morgan fingerprint density at radius 2 is 2.05 bits per heavy atom. The van der Waals surface area contributed by atoms with Gasteiger partial charge in [0.2, 0.25) is 0 Å². The van der Waals surface area contributed by atoms with E-state index in [1.807, 2.05) is 24.3 Å². The zero-order valence-corrected chi connectivity index (χ0v) is 11.6. The maximum Gasteiger partial charge on any atom is 0.0494 e. The fourth-order valence-corrected chi connectivity index (χ4v) is 4.38. The van der Waals surface area contributed by atoms with Crippen LogP contribution in [-0.2, 0) is 0 Å². The quantitative estimate of drug-likeness (QED) is 0.808. The summed E-state index contributed by atoms with van der Waals surface area (Å²) >= 11 is 0. The molecule has 1 aromatic rings. The fourth-order valence-electron chi connectivity index (χ4n) is 2.50. The third-order valence-corrected chi connectivity index (χ3v) is 5.50. The van der Waals surface area contributed by atoms with Gasteiger partial charge in [-0.05, 0) is 41.7 Å². The van der Waals surface area contributed by atoms with Crippen LogP contribution in [0.15, 0.2) is 51.1 Å². The van der Waals surface area contributed by atoms with Gasteiger partial charge in [0.1, 0.15) is 0 Å². The second kappa shape index (κ2) is 5.43. The third kappa shape index (κ3) is 2.58. The van der Waals surface area contributed by atoms with Gasteiger partial charge in [0.25, 0.3) is 0 Å². The molecule has 1 atom stereocenters. The third-order valence-electron chi connectivity index (χ3n) is 3.42. The summed E-state index contributed by atoms with van der Waals surface area (Å²) in [5.74, 6) is 0. The first kappa shape index (κ1) is 7.55. The number of hydrogen-bond acceptors (Lipinski definition) is 2. The number of piperazine rings is 1. The Morgan fingerprint density at radius 1 is 1.21 bits per heavy atom. The molecule has 102 valence electrons. The van der Waals surface area contributed by atoms with Crippen molar-refractivity contribution in [1.82, 2.24) is 5.32 Å². The average molecular weight is 280 g/mol. The van der Waals surface area contributed by atoms with Crippen LogP contribution in [0.3, 0.4) is 0 Å². The summed E-state index contributed by atoms with van der Waals surface area (Å²) in [5, 5.41) is 4.97. The molecule has 1 aromatic carbocycles. The maximum absolute atomic E-state index is 7.86. The first-order valence-corrected chi connectivity index (χ1v) is 7.87. The molecule has 19 heavy (non-hydrogen) atoms. The zero-order valence-electron chi connectivity index (χ0n) is 16.7. The van der Waals surface area contributed by atoms with E-state index in [4.69, 9.17) is 8.22 Å². The summed E-state index contributed by atoms with van der Waals surface area (Å²) in [4.78, 5) is 3.41. The topological polar surface area (TPSA) is 15.3 Å². The Labute approximate surface area is 127 Å². The van der Waals surface area contributed by atoms with Crippen molar-refractivity contribution >= 4 is 16.6 Å². The summed E-state index contributed by atoms with van der Waals surface area (Å²) in [6.07, 6.45) is 1.38. The molecular weight excluding hydrogens is 252 g/mol. The van der Waals surface area contributed by atoms with E-state index in [2.05, 4.69) is 10.2 Å². The summed E-state index contributed by atoms with van der Waals surface area (Å²) in [6.45, 7) is -1.13. The van der Waals surface area contributed by atoms with Crippen LogP contribution in [0.4, 0.5) is 5.69 Å². The minimum atomic E-state index is -2.30. The molecule has 0 aromatic heterocycles. The zero-order chi connectivity index (χ0) is 18.2. The van der Waals surface area contributed by atoms with Crippen LogP contribution in [0.2, 0.25) is 0 Å². The highest BCUT2D eigenvalue weighted by Gasteiger charge is 2.19. The molecule has 1 unspecified atom stereocenters. The molecule has 0 radical (unpaired) electrons. The Morgan fingerprint density at radius 3 is 2.84 bits per heavy atom. The lowest BCUT2D eigenvalue weighted by Gasteiger charge is -2.33. The van der Waals surface area contributed by atoms with E-state index in [0.717, 1.165) is 36.8 Å². The molecule has 0 saturated carbocycles. The number of thiol groups is 1. The lowest BCUT2D eigenvalue weighted by molar-refractivity contribution is 0.587. The van der Waals surface area contributed by atoms with Gasteiger partial charge in [0.05, 0.1) is 0 Å². The molecule has 2 aliphatic rings. The molecule has 1 saturated heterocycles. The van der Waals surface area contributed by atoms with E-state index in [0.29, 0.717) is 0 Å². The van der Waals surface area contributed by atoms with E-state index in [1.165, 1.54) is 6.08 Å². The number of para-hydroxylation sites is 1. The number of rotatable bonds is 2. The molecule has 2 nitrogen and oxygen atoms in total. The van der Waals surface area contributed by atoms with E-state index >= 15 is 0 Å². The second-order valence-corrected chi connectivity index (χ2v) is 6.67. The maximum atomic E-state index is 7.86. The number of anilines is 1. The Kier molecular flexibility index (Phi) is 2.16. The van der Waals surface area contributed by atoms with Crippen LogP contribution < -0.4 is 10.2 Å². The first-order valence-electron chi connectivity index (χ1n) is 9.46. The van der Waals surface area contributed by atoms with Crippen LogP contribution in [0.1, 0.15) is 21.9 Å². The molecule has 2 aliphatic heterocycles. The van der Waals surface area contributed by atoms with Gasteiger partial charge in [-0.3, -0.25) is 0 Å². The van der Waals surface area contributed by atoms with Gasteiger partial charge in [0, 0.05) is 45.0 Å². The van der Waals surface area contributed by atoms with E-state index < -0.39 is 24.6 Å². The van der Waals surface area contributed by atoms with Gasteiger partial charge in [-0.25, -0.2) is 0 Å². The highest BCUT2D eigenvalue weighted by atomic mass is 32.2. The van der Waals surface area contributed by atoms with Crippen molar-refractivity contribution < 1.29 is 8.22 Å². The lowest BCUT2D eigenvalue weighted by atomic mass is 10.2. The Bertz CT molecular complexity index is 701. The number of nitrogens with zero attached hydrogens (tertiary/aromatic N) is 1. The summed E-state index contributed by atoms with van der Waals surface area (Å²) in [7, 11) is -1.33. The molecule has 3 rings (SSSR count). The van der Waals surface area contributed by atoms with Gasteiger partial charge < -0.3 is 10.2 Å². The van der Waals surface area contributed by atoms with Gasteiger partial charge >= 0.3 is 0 Å². The van der Waals surface area contributed by atoms with Crippen molar-refractivity contribution in [2.45, 2.75) is 18.6 Å². The Hall–Kier alpha value is -1.19. The SMILES string of the molecule is [2H]C([2H])([2H])C1=C[SH](c2ccccc2N2CCNCC2)C(C([2H])([2H])[2H])=C1. The van der Waals surface area contributed by atoms with Crippen molar-refractivity contribution in [2.24, 2.45) is 0 Å². The van der Waals surface area contributed by atoms with Gasteiger partial charge in [0.15, 0.2) is 0 Å². The van der Waals surface area contributed by atoms with Crippen molar-refractivity contribution in [1.29, 1.82) is 0 Å². The molecule has 3 heteroatoms. The van der Waals surface area contributed by atoms with Crippen molar-refractivity contribution in [3.8, 4) is 0 Å². The number of benzene rings is 1. The van der Waals surface area contributed by atoms with Gasteiger partial charge in [-0.2, -0.15) is 10.9 Å². The fraction of sp³-hybridized carbons (Fsp3) is 0.375. The first-order chi connectivity index (χ1) is 11.7. The molecular formula is C16H22N2S.